The van der Waals surface area contributed by atoms with E-state index in [-0.39, 0.29) is 17.3 Å². The van der Waals surface area contributed by atoms with E-state index in [1.807, 2.05) is 0 Å². The van der Waals surface area contributed by atoms with Crippen LogP contribution in [-0.4, -0.2) is 33.8 Å². The predicted molar refractivity (Wildman–Crippen MR) is 131 cm³/mol. The number of hydrogen-bond acceptors (Lipinski definition) is 5. The normalized spacial score (nSPS) is 11.4. The summed E-state index contributed by atoms with van der Waals surface area (Å²) in [4.78, 5) is 35.2. The van der Waals surface area contributed by atoms with Crippen LogP contribution < -0.4 is 15.4 Å². The van der Waals surface area contributed by atoms with E-state index in [2.05, 4.69) is 25.6 Å². The Morgan fingerprint density at radius 1 is 1.03 bits per heavy atom. The van der Waals surface area contributed by atoms with E-state index < -0.39 is 23.5 Å². The van der Waals surface area contributed by atoms with Crippen molar-refractivity contribution in [2.45, 2.75) is 6.18 Å². The zero-order valence-corrected chi connectivity index (χ0v) is 19.6. The number of hydrogen-bond donors (Lipinski definition) is 3. The van der Waals surface area contributed by atoms with Crippen LogP contribution in [0.5, 0.6) is 11.5 Å². The van der Waals surface area contributed by atoms with E-state index in [0.29, 0.717) is 40.7 Å². The van der Waals surface area contributed by atoms with Crippen LogP contribution in [0.3, 0.4) is 0 Å². The smallest absolute Gasteiger partial charge is 0.419 e. The van der Waals surface area contributed by atoms with Gasteiger partial charge < -0.3 is 20.4 Å². The molecule has 0 fully saturated rings. The number of rotatable bonds is 7. The summed E-state index contributed by atoms with van der Waals surface area (Å²) >= 11 is 0. The highest BCUT2D eigenvalue weighted by Gasteiger charge is 2.34. The minimum Gasteiger partial charge on any atom is -0.457 e. The summed E-state index contributed by atoms with van der Waals surface area (Å²) in [6.07, 6.45) is 0.586. The molecule has 0 aliphatic carbocycles. The van der Waals surface area contributed by atoms with Gasteiger partial charge in [-0.3, -0.25) is 14.6 Å². The van der Waals surface area contributed by atoms with Crippen LogP contribution in [0.1, 0.15) is 21.6 Å². The minimum absolute atomic E-state index is 0.196. The maximum absolute atomic E-state index is 13.4. The second-order valence-electron chi connectivity index (χ2n) is 7.79. The molecule has 4 rings (SSSR count). The summed E-state index contributed by atoms with van der Waals surface area (Å²) in [6, 6.07) is 12.2. The second kappa shape index (κ2) is 10.9. The molecule has 2 amide bonds. The van der Waals surface area contributed by atoms with Crippen LogP contribution in [0, 0.1) is 5.82 Å². The number of amides is 2. The Balaban J connectivity index is 1.43. The third-order valence-electron chi connectivity index (χ3n) is 5.08. The monoisotopic (exact) mass is 525 g/mol. The molecule has 0 atom stereocenters. The molecule has 0 saturated heterocycles. The number of carbonyl (C=O) groups is 2. The number of anilines is 1. The molecular weight excluding hydrogens is 506 g/mol. The van der Waals surface area contributed by atoms with Gasteiger partial charge in [0.15, 0.2) is 5.82 Å². The number of ether oxygens (including phenoxy) is 1. The summed E-state index contributed by atoms with van der Waals surface area (Å²) in [5.74, 6) is -1.21. The summed E-state index contributed by atoms with van der Waals surface area (Å²) in [5, 5.41) is 4.77. The number of nitrogens with zero attached hydrogens (tertiary/aromatic N) is 2. The van der Waals surface area contributed by atoms with Crippen molar-refractivity contribution in [3.05, 3.63) is 95.7 Å². The van der Waals surface area contributed by atoms with Gasteiger partial charge in [-0.1, -0.05) is 12.1 Å². The topological polar surface area (TPSA) is 109 Å². The summed E-state index contributed by atoms with van der Waals surface area (Å²) in [7, 11) is 1.50. The fraction of sp³-hybridized carbons (Fsp3) is 0.0769. The Morgan fingerprint density at radius 2 is 1.82 bits per heavy atom. The molecule has 2 aromatic heterocycles. The first-order valence-electron chi connectivity index (χ1n) is 11.0. The number of aromatic amines is 1. The highest BCUT2D eigenvalue weighted by molar-refractivity contribution is 6.02. The molecule has 38 heavy (non-hydrogen) atoms. The van der Waals surface area contributed by atoms with Gasteiger partial charge in [-0.15, -0.1) is 0 Å². The largest absolute Gasteiger partial charge is 0.457 e. The van der Waals surface area contributed by atoms with E-state index in [4.69, 9.17) is 4.74 Å². The maximum Gasteiger partial charge on any atom is 0.419 e. The molecule has 0 aliphatic rings. The molecule has 0 aliphatic heterocycles. The number of carbonyl (C=O) groups excluding carboxylic acids is 2. The quantitative estimate of drug-likeness (QED) is 0.220. The number of aromatic nitrogens is 3. The number of benzene rings is 2. The lowest BCUT2D eigenvalue weighted by molar-refractivity contribution is -0.140. The van der Waals surface area contributed by atoms with E-state index in [0.717, 1.165) is 12.1 Å². The Bertz CT molecular complexity index is 1510. The number of pyridine rings is 1. The third-order valence-corrected chi connectivity index (χ3v) is 5.08. The van der Waals surface area contributed by atoms with E-state index in [9.17, 15) is 27.2 Å². The number of nitrogens with one attached hydrogen (secondary N) is 3. The van der Waals surface area contributed by atoms with Gasteiger partial charge in [0.1, 0.15) is 28.7 Å². The van der Waals surface area contributed by atoms with Gasteiger partial charge in [0.05, 0.1) is 11.8 Å². The fourth-order valence-corrected chi connectivity index (χ4v) is 3.30. The third kappa shape index (κ3) is 6.40. The molecule has 2 aromatic carbocycles. The molecule has 0 bridgehead atoms. The van der Waals surface area contributed by atoms with Gasteiger partial charge in [-0.05, 0) is 48.0 Å². The first-order valence-corrected chi connectivity index (χ1v) is 11.0. The maximum atomic E-state index is 13.4. The van der Waals surface area contributed by atoms with Crippen LogP contribution in [-0.2, 0) is 11.0 Å². The summed E-state index contributed by atoms with van der Waals surface area (Å²) in [5.41, 5.74) is -0.372. The van der Waals surface area contributed by atoms with E-state index in [1.54, 1.807) is 36.4 Å². The zero-order chi connectivity index (χ0) is 27.3. The summed E-state index contributed by atoms with van der Waals surface area (Å²) < 4.78 is 58.0. The lowest BCUT2D eigenvalue weighted by Crippen LogP contribution is -2.17. The Hall–Kier alpha value is -5.00. The minimum atomic E-state index is -4.89. The van der Waals surface area contributed by atoms with Crippen LogP contribution >= 0.6 is 0 Å². The molecule has 0 spiro atoms. The number of halogens is 4. The van der Waals surface area contributed by atoms with Crippen molar-refractivity contribution >= 4 is 23.6 Å². The van der Waals surface area contributed by atoms with Crippen molar-refractivity contribution in [3.63, 3.8) is 0 Å². The van der Waals surface area contributed by atoms with Crippen molar-refractivity contribution in [2.75, 3.05) is 12.4 Å². The van der Waals surface area contributed by atoms with Crippen molar-refractivity contribution in [3.8, 4) is 23.0 Å². The molecule has 0 unspecified atom stereocenters. The van der Waals surface area contributed by atoms with Crippen molar-refractivity contribution in [1.82, 2.24) is 20.3 Å². The number of imidazole rings is 1. The van der Waals surface area contributed by atoms with Gasteiger partial charge in [-0.25, -0.2) is 9.37 Å². The van der Waals surface area contributed by atoms with Gasteiger partial charge in [0.2, 0.25) is 5.91 Å². The fourth-order valence-electron chi connectivity index (χ4n) is 3.30. The highest BCUT2D eigenvalue weighted by Crippen LogP contribution is 2.33. The highest BCUT2D eigenvalue weighted by atomic mass is 19.4. The Labute approximate surface area is 213 Å². The molecule has 0 radical (unpaired) electrons. The van der Waals surface area contributed by atoms with E-state index in [1.165, 1.54) is 25.5 Å². The Kier molecular flexibility index (Phi) is 7.51. The first kappa shape index (κ1) is 26.1. The SMILES string of the molecule is CNC(=O)c1cnc(-c2cc(Oc3cccc(C=CC(=O)Nc4ccc(F)c(C(F)(F)F)c4)c3)ccn2)[nH]1. The molecule has 2 heterocycles. The molecule has 194 valence electrons. The van der Waals surface area contributed by atoms with Crippen LogP contribution in [0.25, 0.3) is 17.6 Å². The zero-order valence-electron chi connectivity index (χ0n) is 19.6. The number of alkyl halides is 3. The number of H-pyrrole nitrogens is 1. The Morgan fingerprint density at radius 3 is 2.58 bits per heavy atom. The summed E-state index contributed by atoms with van der Waals surface area (Å²) in [6.45, 7) is 0. The van der Waals surface area contributed by atoms with Gasteiger partial charge in [-0.2, -0.15) is 13.2 Å². The molecule has 8 nitrogen and oxygen atoms in total. The molecule has 0 saturated carbocycles. The van der Waals surface area contributed by atoms with Gasteiger partial charge in [0, 0.05) is 31.1 Å². The standard InChI is InChI=1S/C26H19F4N5O3/c1-31-25(37)22-14-33-24(35-22)21-13-18(9-10-32-21)38-17-4-2-3-15(11-17)5-8-23(36)34-16-6-7-20(27)19(12-16)26(28,29)30/h2-14H,1H3,(H,31,37)(H,33,35)(H,34,36). The van der Waals surface area contributed by atoms with Gasteiger partial charge in [0.25, 0.3) is 5.91 Å². The molecule has 3 N–H and O–H groups in total. The average Bonchev–Trinajstić information content (AvgIpc) is 3.38. The van der Waals surface area contributed by atoms with Crippen LogP contribution in [0.2, 0.25) is 0 Å². The van der Waals surface area contributed by atoms with Crippen LogP contribution in [0.4, 0.5) is 23.2 Å². The molecule has 4 aromatic rings. The molecular formula is C26H19F4N5O3. The predicted octanol–water partition coefficient (Wildman–Crippen LogP) is 5.43. The van der Waals surface area contributed by atoms with Crippen molar-refractivity contribution in [2.24, 2.45) is 0 Å². The second-order valence-corrected chi connectivity index (χ2v) is 7.79. The lowest BCUT2D eigenvalue weighted by atomic mass is 10.1. The van der Waals surface area contributed by atoms with Crippen molar-refractivity contribution < 1.29 is 31.9 Å². The van der Waals surface area contributed by atoms with Crippen molar-refractivity contribution in [1.29, 1.82) is 0 Å². The average molecular weight is 525 g/mol. The first-order chi connectivity index (χ1) is 18.1. The lowest BCUT2D eigenvalue weighted by Gasteiger charge is -2.10. The van der Waals surface area contributed by atoms with E-state index >= 15 is 0 Å². The van der Waals surface area contributed by atoms with Crippen LogP contribution in [0.15, 0.2) is 73.1 Å². The molecule has 12 heteroatoms. The van der Waals surface area contributed by atoms with Gasteiger partial charge >= 0.3 is 6.18 Å².